The number of hydrogen-bond acceptors (Lipinski definition) is 1. The molecule has 0 N–H and O–H groups in total. The van der Waals surface area contributed by atoms with Crippen LogP contribution in [0.2, 0.25) is 0 Å². The Morgan fingerprint density at radius 2 is 1.39 bits per heavy atom. The molecule has 0 bridgehead atoms. The highest BCUT2D eigenvalue weighted by Crippen LogP contribution is 2.24. The SMILES string of the molecule is BrCCCOc1ccc(-c2ccc(Br)cc2)cc1. The van der Waals surface area contributed by atoms with Gasteiger partial charge in [-0.3, -0.25) is 0 Å². The summed E-state index contributed by atoms with van der Waals surface area (Å²) in [4.78, 5) is 0. The van der Waals surface area contributed by atoms with Crippen LogP contribution in [-0.2, 0) is 0 Å². The molecule has 0 aromatic heterocycles. The second-order valence-corrected chi connectivity index (χ2v) is 5.63. The van der Waals surface area contributed by atoms with Crippen LogP contribution in [0.25, 0.3) is 11.1 Å². The van der Waals surface area contributed by atoms with Gasteiger partial charge in [0, 0.05) is 9.80 Å². The second-order valence-electron chi connectivity index (χ2n) is 3.92. The highest BCUT2D eigenvalue weighted by molar-refractivity contribution is 9.10. The molecule has 0 saturated carbocycles. The van der Waals surface area contributed by atoms with Crippen molar-refractivity contribution >= 4 is 31.9 Å². The Bertz CT molecular complexity index is 477. The lowest BCUT2D eigenvalue weighted by Gasteiger charge is -2.06. The molecule has 2 rings (SSSR count). The molecule has 0 spiro atoms. The van der Waals surface area contributed by atoms with Gasteiger partial charge in [-0.05, 0) is 41.8 Å². The summed E-state index contributed by atoms with van der Waals surface area (Å²) in [6.07, 6.45) is 1.02. The third-order valence-electron chi connectivity index (χ3n) is 2.58. The van der Waals surface area contributed by atoms with Gasteiger partial charge in [-0.2, -0.15) is 0 Å². The Morgan fingerprint density at radius 1 is 0.833 bits per heavy atom. The zero-order chi connectivity index (χ0) is 12.8. The minimum absolute atomic E-state index is 0.753. The molecule has 0 aliphatic rings. The van der Waals surface area contributed by atoms with Crippen molar-refractivity contribution < 1.29 is 4.74 Å². The average molecular weight is 370 g/mol. The van der Waals surface area contributed by atoms with Crippen LogP contribution >= 0.6 is 31.9 Å². The maximum Gasteiger partial charge on any atom is 0.119 e. The first kappa shape index (κ1) is 13.6. The van der Waals surface area contributed by atoms with E-state index in [-0.39, 0.29) is 0 Å². The molecule has 0 fully saturated rings. The molecular weight excluding hydrogens is 356 g/mol. The van der Waals surface area contributed by atoms with Crippen molar-refractivity contribution in [1.29, 1.82) is 0 Å². The molecule has 0 aliphatic heterocycles. The van der Waals surface area contributed by atoms with Crippen molar-refractivity contribution in [2.45, 2.75) is 6.42 Å². The molecule has 0 unspecified atom stereocenters. The van der Waals surface area contributed by atoms with Gasteiger partial charge < -0.3 is 4.74 Å². The predicted octanol–water partition coefficient (Wildman–Crippen LogP) is 5.28. The summed E-state index contributed by atoms with van der Waals surface area (Å²) in [7, 11) is 0. The molecule has 2 aromatic rings. The van der Waals surface area contributed by atoms with Crippen LogP contribution in [-0.4, -0.2) is 11.9 Å². The van der Waals surface area contributed by atoms with Gasteiger partial charge in [-0.15, -0.1) is 0 Å². The van der Waals surface area contributed by atoms with E-state index in [1.54, 1.807) is 0 Å². The molecule has 94 valence electrons. The third-order valence-corrected chi connectivity index (χ3v) is 3.67. The van der Waals surface area contributed by atoms with Crippen LogP contribution in [0.15, 0.2) is 53.0 Å². The molecule has 18 heavy (non-hydrogen) atoms. The lowest BCUT2D eigenvalue weighted by Crippen LogP contribution is -1.97. The summed E-state index contributed by atoms with van der Waals surface area (Å²) in [5.41, 5.74) is 2.42. The van der Waals surface area contributed by atoms with Crippen molar-refractivity contribution in [3.8, 4) is 16.9 Å². The van der Waals surface area contributed by atoms with Crippen molar-refractivity contribution in [2.24, 2.45) is 0 Å². The molecule has 3 heteroatoms. The van der Waals surface area contributed by atoms with E-state index in [1.165, 1.54) is 11.1 Å². The smallest absolute Gasteiger partial charge is 0.119 e. The second kappa shape index (κ2) is 6.95. The number of ether oxygens (including phenoxy) is 1. The molecule has 1 nitrogen and oxygen atoms in total. The summed E-state index contributed by atoms with van der Waals surface area (Å²) < 4.78 is 6.72. The molecule has 0 atom stereocenters. The molecule has 0 aliphatic carbocycles. The third kappa shape index (κ3) is 3.85. The van der Waals surface area contributed by atoms with Crippen molar-refractivity contribution in [3.05, 3.63) is 53.0 Å². The minimum Gasteiger partial charge on any atom is -0.494 e. The van der Waals surface area contributed by atoms with Gasteiger partial charge in [0.05, 0.1) is 6.61 Å². The lowest BCUT2D eigenvalue weighted by molar-refractivity contribution is 0.319. The van der Waals surface area contributed by atoms with Gasteiger partial charge in [0.2, 0.25) is 0 Å². The predicted molar refractivity (Wildman–Crippen MR) is 83.5 cm³/mol. The Morgan fingerprint density at radius 3 is 1.94 bits per heavy atom. The van der Waals surface area contributed by atoms with E-state index in [0.717, 1.165) is 28.6 Å². The van der Waals surface area contributed by atoms with E-state index in [9.17, 15) is 0 Å². The summed E-state index contributed by atoms with van der Waals surface area (Å²) in [5, 5.41) is 0.976. The van der Waals surface area contributed by atoms with Crippen LogP contribution in [0.1, 0.15) is 6.42 Å². The van der Waals surface area contributed by atoms with Crippen molar-refractivity contribution in [2.75, 3.05) is 11.9 Å². The van der Waals surface area contributed by atoms with E-state index in [1.807, 2.05) is 12.1 Å². The number of halogens is 2. The monoisotopic (exact) mass is 368 g/mol. The standard InChI is InChI=1S/C15H14Br2O/c16-10-1-11-18-15-8-4-13(5-9-15)12-2-6-14(17)7-3-12/h2-9H,1,10-11H2. The van der Waals surface area contributed by atoms with Crippen LogP contribution in [0, 0.1) is 0 Å². The Balaban J connectivity index is 2.05. The first-order chi connectivity index (χ1) is 8.79. The van der Waals surface area contributed by atoms with Gasteiger partial charge >= 0.3 is 0 Å². The van der Waals surface area contributed by atoms with Crippen LogP contribution in [0.4, 0.5) is 0 Å². The van der Waals surface area contributed by atoms with Gasteiger partial charge in [-0.1, -0.05) is 56.1 Å². The highest BCUT2D eigenvalue weighted by atomic mass is 79.9. The average Bonchev–Trinajstić information content (AvgIpc) is 2.41. The number of alkyl halides is 1. The van der Waals surface area contributed by atoms with Crippen LogP contribution < -0.4 is 4.74 Å². The number of benzene rings is 2. The molecule has 0 saturated heterocycles. The van der Waals surface area contributed by atoms with Crippen molar-refractivity contribution in [3.63, 3.8) is 0 Å². The maximum atomic E-state index is 5.62. The maximum absolute atomic E-state index is 5.62. The zero-order valence-electron chi connectivity index (χ0n) is 9.90. The molecule has 0 heterocycles. The van der Waals surface area contributed by atoms with Crippen LogP contribution in [0.3, 0.4) is 0 Å². The van der Waals surface area contributed by atoms with Gasteiger partial charge in [0.25, 0.3) is 0 Å². The lowest BCUT2D eigenvalue weighted by atomic mass is 10.1. The first-order valence-electron chi connectivity index (χ1n) is 5.84. The largest absolute Gasteiger partial charge is 0.494 e. The Hall–Kier alpha value is -0.800. The van der Waals surface area contributed by atoms with Gasteiger partial charge in [0.15, 0.2) is 0 Å². The van der Waals surface area contributed by atoms with E-state index in [2.05, 4.69) is 68.3 Å². The van der Waals surface area contributed by atoms with E-state index in [4.69, 9.17) is 4.74 Å². The van der Waals surface area contributed by atoms with E-state index in [0.29, 0.717) is 0 Å². The first-order valence-corrected chi connectivity index (χ1v) is 7.76. The molecular formula is C15H14Br2O. The quantitative estimate of drug-likeness (QED) is 0.514. The van der Waals surface area contributed by atoms with Gasteiger partial charge in [-0.25, -0.2) is 0 Å². The summed E-state index contributed by atoms with van der Waals surface area (Å²) in [6.45, 7) is 0.753. The highest BCUT2D eigenvalue weighted by Gasteiger charge is 1.98. The normalized spacial score (nSPS) is 10.3. The topological polar surface area (TPSA) is 9.23 Å². The summed E-state index contributed by atoms with van der Waals surface area (Å²) in [5.74, 6) is 0.928. The number of rotatable bonds is 5. The van der Waals surface area contributed by atoms with Crippen molar-refractivity contribution in [1.82, 2.24) is 0 Å². The Kier molecular flexibility index (Phi) is 5.26. The zero-order valence-corrected chi connectivity index (χ0v) is 13.1. The van der Waals surface area contributed by atoms with Gasteiger partial charge in [0.1, 0.15) is 5.75 Å². The summed E-state index contributed by atoms with van der Waals surface area (Å²) in [6, 6.07) is 16.5. The Labute approximate surface area is 124 Å². The molecule has 0 amide bonds. The van der Waals surface area contributed by atoms with Crippen LogP contribution in [0.5, 0.6) is 5.75 Å². The minimum atomic E-state index is 0.753. The fourth-order valence-corrected chi connectivity index (χ4v) is 2.12. The van der Waals surface area contributed by atoms with E-state index < -0.39 is 0 Å². The molecule has 0 radical (unpaired) electrons. The number of hydrogen-bond donors (Lipinski definition) is 0. The van der Waals surface area contributed by atoms with E-state index >= 15 is 0 Å². The fourth-order valence-electron chi connectivity index (χ4n) is 1.63. The molecule has 2 aromatic carbocycles. The fraction of sp³-hybridized carbons (Fsp3) is 0.200. The summed E-state index contributed by atoms with van der Waals surface area (Å²) >= 11 is 6.83.